The van der Waals surface area contributed by atoms with Crippen LogP contribution in [0.15, 0.2) is 54.6 Å². The van der Waals surface area contributed by atoms with Crippen molar-refractivity contribution in [2.24, 2.45) is 0 Å². The lowest BCUT2D eigenvalue weighted by Gasteiger charge is -2.00. The van der Waals surface area contributed by atoms with Crippen LogP contribution in [0, 0.1) is 6.92 Å². The van der Waals surface area contributed by atoms with Gasteiger partial charge in [-0.05, 0) is 24.1 Å². The minimum atomic E-state index is 0.974. The topological polar surface area (TPSA) is 15.8 Å². The van der Waals surface area contributed by atoms with Crippen LogP contribution in [0.5, 0.6) is 0 Å². The zero-order valence-corrected chi connectivity index (χ0v) is 9.90. The van der Waals surface area contributed by atoms with Crippen molar-refractivity contribution in [1.29, 1.82) is 0 Å². The Morgan fingerprint density at radius 1 is 0.882 bits per heavy atom. The first-order valence-corrected chi connectivity index (χ1v) is 5.95. The summed E-state index contributed by atoms with van der Waals surface area (Å²) in [6, 6.07) is 19.1. The van der Waals surface area contributed by atoms with Gasteiger partial charge in [0.15, 0.2) is 0 Å². The standard InChI is InChI=1S/C16H15N/c1-12-14-9-5-6-10-15(14)17-16(12)11-13-7-3-2-4-8-13/h2-10,17H,11H2,1H3. The maximum absolute atomic E-state index is 3.51. The molecule has 1 N–H and O–H groups in total. The summed E-state index contributed by atoms with van der Waals surface area (Å²) in [5.74, 6) is 0. The van der Waals surface area contributed by atoms with E-state index in [4.69, 9.17) is 0 Å². The normalized spacial score (nSPS) is 10.9. The Kier molecular flexibility index (Phi) is 2.45. The van der Waals surface area contributed by atoms with E-state index in [2.05, 4.69) is 66.5 Å². The van der Waals surface area contributed by atoms with E-state index in [0.717, 1.165) is 6.42 Å². The second kappa shape index (κ2) is 4.10. The molecule has 17 heavy (non-hydrogen) atoms. The second-order valence-corrected chi connectivity index (χ2v) is 4.44. The van der Waals surface area contributed by atoms with Gasteiger partial charge in [-0.2, -0.15) is 0 Å². The quantitative estimate of drug-likeness (QED) is 0.671. The highest BCUT2D eigenvalue weighted by molar-refractivity contribution is 5.84. The van der Waals surface area contributed by atoms with Crippen LogP contribution in [0.4, 0.5) is 0 Å². The number of hydrogen-bond donors (Lipinski definition) is 1. The van der Waals surface area contributed by atoms with Crippen LogP contribution in [-0.4, -0.2) is 4.98 Å². The van der Waals surface area contributed by atoms with Crippen LogP contribution >= 0.6 is 0 Å². The van der Waals surface area contributed by atoms with Crippen molar-refractivity contribution in [3.05, 3.63) is 71.4 Å². The van der Waals surface area contributed by atoms with E-state index in [-0.39, 0.29) is 0 Å². The number of nitrogens with one attached hydrogen (secondary N) is 1. The van der Waals surface area contributed by atoms with Crippen molar-refractivity contribution in [3.63, 3.8) is 0 Å². The summed E-state index contributed by atoms with van der Waals surface area (Å²) >= 11 is 0. The summed E-state index contributed by atoms with van der Waals surface area (Å²) in [6.07, 6.45) is 0.974. The molecule has 0 saturated heterocycles. The highest BCUT2D eigenvalue weighted by atomic mass is 14.7. The van der Waals surface area contributed by atoms with Gasteiger partial charge in [0.1, 0.15) is 0 Å². The van der Waals surface area contributed by atoms with Crippen LogP contribution in [-0.2, 0) is 6.42 Å². The van der Waals surface area contributed by atoms with E-state index in [9.17, 15) is 0 Å². The predicted molar refractivity (Wildman–Crippen MR) is 72.3 cm³/mol. The van der Waals surface area contributed by atoms with Gasteiger partial charge in [-0.1, -0.05) is 48.5 Å². The van der Waals surface area contributed by atoms with Gasteiger partial charge in [-0.3, -0.25) is 0 Å². The van der Waals surface area contributed by atoms with Crippen LogP contribution < -0.4 is 0 Å². The molecule has 0 aliphatic rings. The number of H-pyrrole nitrogens is 1. The van der Waals surface area contributed by atoms with E-state index >= 15 is 0 Å². The molecule has 84 valence electrons. The third-order valence-corrected chi connectivity index (χ3v) is 3.29. The summed E-state index contributed by atoms with van der Waals surface area (Å²) in [4.78, 5) is 3.51. The summed E-state index contributed by atoms with van der Waals surface area (Å²) in [5, 5.41) is 1.33. The SMILES string of the molecule is Cc1c(Cc2ccccc2)[nH]c2ccccc12. The number of fused-ring (bicyclic) bond motifs is 1. The molecule has 1 heterocycles. The summed E-state index contributed by atoms with van der Waals surface area (Å²) in [6.45, 7) is 2.19. The summed E-state index contributed by atoms with van der Waals surface area (Å²) < 4.78 is 0. The molecular weight excluding hydrogens is 206 g/mol. The molecule has 0 saturated carbocycles. The van der Waals surface area contributed by atoms with Gasteiger partial charge in [0, 0.05) is 23.0 Å². The number of hydrogen-bond acceptors (Lipinski definition) is 0. The number of para-hydroxylation sites is 1. The molecule has 0 aliphatic carbocycles. The molecular formula is C16H15N. The highest BCUT2D eigenvalue weighted by Crippen LogP contribution is 2.23. The molecule has 1 heteroatoms. The first kappa shape index (κ1) is 10.2. The molecule has 3 aromatic rings. The Morgan fingerprint density at radius 2 is 1.59 bits per heavy atom. The number of aromatic nitrogens is 1. The minimum Gasteiger partial charge on any atom is -0.358 e. The average molecular weight is 221 g/mol. The number of aryl methyl sites for hydroxylation is 1. The number of aromatic amines is 1. The van der Waals surface area contributed by atoms with Crippen molar-refractivity contribution in [2.45, 2.75) is 13.3 Å². The van der Waals surface area contributed by atoms with Gasteiger partial charge < -0.3 is 4.98 Å². The van der Waals surface area contributed by atoms with Crippen molar-refractivity contribution < 1.29 is 0 Å². The van der Waals surface area contributed by atoms with E-state index in [0.29, 0.717) is 0 Å². The first-order chi connectivity index (χ1) is 8.34. The van der Waals surface area contributed by atoms with Crippen LogP contribution in [0.2, 0.25) is 0 Å². The van der Waals surface area contributed by atoms with Gasteiger partial charge in [-0.25, -0.2) is 0 Å². The maximum Gasteiger partial charge on any atom is 0.0458 e. The zero-order chi connectivity index (χ0) is 11.7. The third kappa shape index (κ3) is 1.84. The third-order valence-electron chi connectivity index (χ3n) is 3.29. The molecule has 0 radical (unpaired) electrons. The summed E-state index contributed by atoms with van der Waals surface area (Å²) in [7, 11) is 0. The van der Waals surface area contributed by atoms with Gasteiger partial charge >= 0.3 is 0 Å². The van der Waals surface area contributed by atoms with E-state index < -0.39 is 0 Å². The van der Waals surface area contributed by atoms with Crippen molar-refractivity contribution in [2.75, 3.05) is 0 Å². The molecule has 0 atom stereocenters. The Hall–Kier alpha value is -2.02. The molecule has 0 unspecified atom stereocenters. The molecule has 2 aromatic carbocycles. The van der Waals surface area contributed by atoms with Crippen molar-refractivity contribution in [3.8, 4) is 0 Å². The molecule has 1 aromatic heterocycles. The fourth-order valence-electron chi connectivity index (χ4n) is 2.31. The minimum absolute atomic E-state index is 0.974. The monoisotopic (exact) mass is 221 g/mol. The lowest BCUT2D eigenvalue weighted by molar-refractivity contribution is 1.10. The Labute approximate surface area is 101 Å². The number of rotatable bonds is 2. The van der Waals surface area contributed by atoms with E-state index in [1.165, 1.54) is 27.7 Å². The fourth-order valence-corrected chi connectivity index (χ4v) is 2.31. The molecule has 1 nitrogen and oxygen atoms in total. The van der Waals surface area contributed by atoms with Gasteiger partial charge in [0.25, 0.3) is 0 Å². The summed E-state index contributed by atoms with van der Waals surface area (Å²) in [5.41, 5.74) is 5.26. The smallest absolute Gasteiger partial charge is 0.0458 e. The van der Waals surface area contributed by atoms with Crippen molar-refractivity contribution >= 4 is 10.9 Å². The molecule has 3 rings (SSSR count). The molecule has 0 aliphatic heterocycles. The predicted octanol–water partition coefficient (Wildman–Crippen LogP) is 4.07. The molecule has 0 bridgehead atoms. The van der Waals surface area contributed by atoms with Crippen LogP contribution in [0.1, 0.15) is 16.8 Å². The van der Waals surface area contributed by atoms with Crippen LogP contribution in [0.25, 0.3) is 10.9 Å². The van der Waals surface area contributed by atoms with Crippen molar-refractivity contribution in [1.82, 2.24) is 4.98 Å². The highest BCUT2D eigenvalue weighted by Gasteiger charge is 2.06. The largest absolute Gasteiger partial charge is 0.358 e. The molecule has 0 fully saturated rings. The fraction of sp³-hybridized carbons (Fsp3) is 0.125. The Balaban J connectivity index is 2.04. The zero-order valence-electron chi connectivity index (χ0n) is 9.90. The lowest BCUT2D eigenvalue weighted by atomic mass is 10.1. The van der Waals surface area contributed by atoms with E-state index in [1.807, 2.05) is 0 Å². The Bertz CT molecular complexity index is 635. The van der Waals surface area contributed by atoms with Gasteiger partial charge in [-0.15, -0.1) is 0 Å². The second-order valence-electron chi connectivity index (χ2n) is 4.44. The van der Waals surface area contributed by atoms with Crippen LogP contribution in [0.3, 0.4) is 0 Å². The Morgan fingerprint density at radius 3 is 2.35 bits per heavy atom. The maximum atomic E-state index is 3.51. The van der Waals surface area contributed by atoms with Gasteiger partial charge in [0.05, 0.1) is 0 Å². The lowest BCUT2D eigenvalue weighted by Crippen LogP contribution is -1.89. The molecule has 0 spiro atoms. The van der Waals surface area contributed by atoms with E-state index in [1.54, 1.807) is 0 Å². The van der Waals surface area contributed by atoms with Gasteiger partial charge in [0.2, 0.25) is 0 Å². The molecule has 0 amide bonds. The number of benzene rings is 2. The average Bonchev–Trinajstić information content (AvgIpc) is 2.68. The first-order valence-electron chi connectivity index (χ1n) is 5.95.